The van der Waals surface area contributed by atoms with E-state index in [9.17, 15) is 27.2 Å². The highest BCUT2D eigenvalue weighted by Crippen LogP contribution is 2.32. The van der Waals surface area contributed by atoms with Gasteiger partial charge in [-0.1, -0.05) is 12.1 Å². The SMILES string of the molecule is CC(C)N1C(=O)c2ccc(C(=O)NNC(=O)c3ccccc3F)cc2S1(=O)=O. The number of hydrogen-bond acceptors (Lipinski definition) is 5. The highest BCUT2D eigenvalue weighted by atomic mass is 32.2. The molecule has 0 radical (unpaired) electrons. The lowest BCUT2D eigenvalue weighted by Crippen LogP contribution is -2.42. The van der Waals surface area contributed by atoms with E-state index in [1.54, 1.807) is 13.8 Å². The van der Waals surface area contributed by atoms with E-state index in [1.807, 2.05) is 0 Å². The summed E-state index contributed by atoms with van der Waals surface area (Å²) in [6.45, 7) is 3.13. The van der Waals surface area contributed by atoms with Gasteiger partial charge in [-0.05, 0) is 44.2 Å². The minimum absolute atomic E-state index is 0.0272. The summed E-state index contributed by atoms with van der Waals surface area (Å²) in [4.78, 5) is 36.2. The Balaban J connectivity index is 1.81. The summed E-state index contributed by atoms with van der Waals surface area (Å²) in [6.07, 6.45) is 0. The lowest BCUT2D eigenvalue weighted by molar-refractivity contribution is 0.0843. The molecule has 3 rings (SSSR count). The first-order valence-corrected chi connectivity index (χ1v) is 9.66. The highest BCUT2D eigenvalue weighted by molar-refractivity contribution is 7.90. The maximum atomic E-state index is 13.6. The number of sulfonamides is 1. The summed E-state index contributed by atoms with van der Waals surface area (Å²) >= 11 is 0. The molecule has 0 unspecified atom stereocenters. The van der Waals surface area contributed by atoms with E-state index in [-0.39, 0.29) is 21.6 Å². The average molecular weight is 405 g/mol. The summed E-state index contributed by atoms with van der Waals surface area (Å²) in [5.74, 6) is -3.12. The number of amides is 3. The number of hydrogen-bond donors (Lipinski definition) is 2. The smallest absolute Gasteiger partial charge is 0.268 e. The molecular weight excluding hydrogens is 389 g/mol. The number of carbonyl (C=O) groups excluding carboxylic acids is 3. The van der Waals surface area contributed by atoms with Crippen molar-refractivity contribution in [2.24, 2.45) is 0 Å². The zero-order valence-electron chi connectivity index (χ0n) is 14.9. The average Bonchev–Trinajstić information content (AvgIpc) is 2.85. The molecule has 0 fully saturated rings. The van der Waals surface area contributed by atoms with Crippen molar-refractivity contribution < 1.29 is 27.2 Å². The fourth-order valence-electron chi connectivity index (χ4n) is 2.80. The van der Waals surface area contributed by atoms with Crippen LogP contribution in [0.1, 0.15) is 44.9 Å². The molecule has 146 valence electrons. The van der Waals surface area contributed by atoms with Crippen molar-refractivity contribution in [2.75, 3.05) is 0 Å². The Bertz CT molecular complexity index is 1100. The van der Waals surface area contributed by atoms with Gasteiger partial charge in [0.05, 0.1) is 11.1 Å². The van der Waals surface area contributed by atoms with Crippen LogP contribution in [0.4, 0.5) is 4.39 Å². The zero-order valence-corrected chi connectivity index (χ0v) is 15.7. The second-order valence-corrected chi connectivity index (χ2v) is 8.08. The lowest BCUT2D eigenvalue weighted by Gasteiger charge is -2.18. The third kappa shape index (κ3) is 3.22. The van der Waals surface area contributed by atoms with Crippen LogP contribution in [-0.2, 0) is 10.0 Å². The standard InChI is InChI=1S/C18H16FN3O5S/c1-10(2)22-18(25)13-8-7-11(9-15(13)28(22,26)27)16(23)20-21-17(24)12-5-3-4-6-14(12)19/h3-10H,1-2H3,(H,20,23)(H,21,24). The van der Waals surface area contributed by atoms with E-state index in [4.69, 9.17) is 0 Å². The van der Waals surface area contributed by atoms with E-state index < -0.39 is 39.6 Å². The number of nitrogens with one attached hydrogen (secondary N) is 2. The number of fused-ring (bicyclic) bond motifs is 1. The van der Waals surface area contributed by atoms with Crippen LogP contribution in [0.15, 0.2) is 47.4 Å². The molecule has 3 amide bonds. The molecule has 0 atom stereocenters. The molecule has 0 saturated heterocycles. The quantitative estimate of drug-likeness (QED) is 0.751. The monoisotopic (exact) mass is 405 g/mol. The minimum Gasteiger partial charge on any atom is -0.268 e. The number of benzene rings is 2. The second-order valence-electron chi connectivity index (χ2n) is 6.30. The van der Waals surface area contributed by atoms with E-state index in [0.717, 1.165) is 16.4 Å². The largest absolute Gasteiger partial charge is 0.272 e. The van der Waals surface area contributed by atoms with Crippen LogP contribution >= 0.6 is 0 Å². The fourth-order valence-corrected chi connectivity index (χ4v) is 4.59. The highest BCUT2D eigenvalue weighted by Gasteiger charge is 2.42. The summed E-state index contributed by atoms with van der Waals surface area (Å²) < 4.78 is 39.5. The summed E-state index contributed by atoms with van der Waals surface area (Å²) in [7, 11) is -4.06. The third-order valence-electron chi connectivity index (χ3n) is 4.09. The van der Waals surface area contributed by atoms with Gasteiger partial charge in [0.1, 0.15) is 10.7 Å². The molecular formula is C18H16FN3O5S. The molecule has 2 aromatic rings. The van der Waals surface area contributed by atoms with Crippen molar-refractivity contribution in [2.45, 2.75) is 24.8 Å². The predicted octanol–water partition coefficient (Wildman–Crippen LogP) is 1.45. The van der Waals surface area contributed by atoms with Crippen LogP contribution in [0.25, 0.3) is 0 Å². The normalized spacial score (nSPS) is 14.7. The Hall–Kier alpha value is -3.27. The van der Waals surface area contributed by atoms with Crippen molar-refractivity contribution in [1.82, 2.24) is 15.2 Å². The van der Waals surface area contributed by atoms with Crippen LogP contribution in [0.2, 0.25) is 0 Å². The van der Waals surface area contributed by atoms with Gasteiger partial charge < -0.3 is 0 Å². The molecule has 2 N–H and O–H groups in total. The molecule has 10 heteroatoms. The zero-order chi connectivity index (χ0) is 20.6. The van der Waals surface area contributed by atoms with Gasteiger partial charge in [-0.25, -0.2) is 17.1 Å². The second kappa shape index (κ2) is 7.04. The van der Waals surface area contributed by atoms with Gasteiger partial charge in [0.15, 0.2) is 0 Å². The molecule has 2 aromatic carbocycles. The van der Waals surface area contributed by atoms with Crippen LogP contribution < -0.4 is 10.9 Å². The van der Waals surface area contributed by atoms with Gasteiger partial charge >= 0.3 is 0 Å². The minimum atomic E-state index is -4.06. The first-order chi connectivity index (χ1) is 13.1. The van der Waals surface area contributed by atoms with Crippen LogP contribution in [0, 0.1) is 5.82 Å². The number of halogens is 1. The first kappa shape index (κ1) is 19.5. The number of carbonyl (C=O) groups is 3. The van der Waals surface area contributed by atoms with Crippen LogP contribution in [0.3, 0.4) is 0 Å². The first-order valence-electron chi connectivity index (χ1n) is 8.22. The topological polar surface area (TPSA) is 113 Å². The molecule has 1 aliphatic heterocycles. The summed E-state index contributed by atoms with van der Waals surface area (Å²) in [5, 5.41) is 0. The molecule has 1 aliphatic rings. The Labute approximate surface area is 160 Å². The predicted molar refractivity (Wildman–Crippen MR) is 96.3 cm³/mol. The Morgan fingerprint density at radius 2 is 1.68 bits per heavy atom. The van der Waals surface area contributed by atoms with Crippen LogP contribution in [0.5, 0.6) is 0 Å². The molecule has 8 nitrogen and oxygen atoms in total. The molecule has 0 aromatic heterocycles. The van der Waals surface area contributed by atoms with Crippen molar-refractivity contribution in [3.05, 3.63) is 65.0 Å². The molecule has 28 heavy (non-hydrogen) atoms. The van der Waals surface area contributed by atoms with Gasteiger partial charge in [-0.3, -0.25) is 25.2 Å². The Kier molecular flexibility index (Phi) is 4.90. The number of rotatable bonds is 3. The number of nitrogens with zero attached hydrogens (tertiary/aromatic N) is 1. The summed E-state index contributed by atoms with van der Waals surface area (Å²) in [6, 6.07) is 8.20. The maximum Gasteiger partial charge on any atom is 0.272 e. The van der Waals surface area contributed by atoms with E-state index in [2.05, 4.69) is 10.9 Å². The fraction of sp³-hybridized carbons (Fsp3) is 0.167. The van der Waals surface area contributed by atoms with Crippen LogP contribution in [-0.4, -0.2) is 36.5 Å². The van der Waals surface area contributed by atoms with Gasteiger partial charge in [-0.15, -0.1) is 0 Å². The maximum absolute atomic E-state index is 13.6. The van der Waals surface area contributed by atoms with Crippen molar-refractivity contribution in [1.29, 1.82) is 0 Å². The van der Waals surface area contributed by atoms with E-state index >= 15 is 0 Å². The molecule has 0 saturated carbocycles. The van der Waals surface area contributed by atoms with Crippen molar-refractivity contribution >= 4 is 27.7 Å². The Morgan fingerprint density at radius 1 is 1.04 bits per heavy atom. The molecule has 0 aliphatic carbocycles. The lowest BCUT2D eigenvalue weighted by atomic mass is 10.1. The molecule has 1 heterocycles. The van der Waals surface area contributed by atoms with E-state index in [0.29, 0.717) is 0 Å². The van der Waals surface area contributed by atoms with Crippen molar-refractivity contribution in [3.8, 4) is 0 Å². The van der Waals surface area contributed by atoms with Gasteiger partial charge in [0, 0.05) is 11.6 Å². The Morgan fingerprint density at radius 3 is 2.32 bits per heavy atom. The number of hydrazine groups is 1. The summed E-state index contributed by atoms with van der Waals surface area (Å²) in [5.41, 5.74) is 3.76. The van der Waals surface area contributed by atoms with Crippen molar-refractivity contribution in [3.63, 3.8) is 0 Å². The third-order valence-corrected chi connectivity index (χ3v) is 6.09. The van der Waals surface area contributed by atoms with E-state index in [1.165, 1.54) is 30.3 Å². The van der Waals surface area contributed by atoms with Gasteiger partial charge in [0.25, 0.3) is 27.7 Å². The molecule has 0 spiro atoms. The van der Waals surface area contributed by atoms with Gasteiger partial charge in [0.2, 0.25) is 0 Å². The van der Waals surface area contributed by atoms with Gasteiger partial charge in [-0.2, -0.15) is 0 Å². The molecule has 0 bridgehead atoms.